The zero-order valence-corrected chi connectivity index (χ0v) is 23.4. The summed E-state index contributed by atoms with van der Waals surface area (Å²) < 4.78 is 61.6. The zero-order chi connectivity index (χ0) is 29.5. The van der Waals surface area contributed by atoms with E-state index in [0.29, 0.717) is 14.7 Å². The number of benzene rings is 4. The third kappa shape index (κ3) is 5.12. The molecule has 0 aliphatic heterocycles. The summed E-state index contributed by atoms with van der Waals surface area (Å²) in [6, 6.07) is 22.5. The van der Waals surface area contributed by atoms with Gasteiger partial charge in [-0.1, -0.05) is 42.0 Å². The van der Waals surface area contributed by atoms with Crippen LogP contribution in [0.4, 0.5) is 5.69 Å². The van der Waals surface area contributed by atoms with Crippen LogP contribution in [-0.2, 0) is 20.0 Å². The molecule has 0 aliphatic rings. The molecule has 0 bridgehead atoms. The average Bonchev–Trinajstić information content (AvgIpc) is 2.93. The van der Waals surface area contributed by atoms with Gasteiger partial charge in [0.15, 0.2) is 0 Å². The largest absolute Gasteiger partial charge is 0.478 e. The molecule has 208 valence electrons. The number of nitrogens with zero attached hydrogens (tertiary/aromatic N) is 1. The van der Waals surface area contributed by atoms with Crippen LogP contribution in [0.3, 0.4) is 0 Å². The molecule has 0 spiro atoms. The average molecular weight is 590 g/mol. The maximum absolute atomic E-state index is 14.0. The Bertz CT molecular complexity index is 2080. The first-order valence-electron chi connectivity index (χ1n) is 12.2. The number of hydrogen-bond acceptors (Lipinski definition) is 7. The Kier molecular flexibility index (Phi) is 7.02. The third-order valence-corrected chi connectivity index (χ3v) is 10.7. The number of fused-ring (bicyclic) bond motifs is 1. The van der Waals surface area contributed by atoms with Gasteiger partial charge in [-0.2, -0.15) is 3.71 Å². The summed E-state index contributed by atoms with van der Waals surface area (Å²) in [4.78, 5) is 23.4. The number of sulfonamides is 2. The van der Waals surface area contributed by atoms with Gasteiger partial charge in [0.05, 0.1) is 26.6 Å². The van der Waals surface area contributed by atoms with Crippen LogP contribution in [0, 0.1) is 13.8 Å². The lowest BCUT2D eigenvalue weighted by Crippen LogP contribution is -2.37. The van der Waals surface area contributed by atoms with Crippen molar-refractivity contribution in [2.24, 2.45) is 0 Å². The number of carboxylic acids is 1. The van der Waals surface area contributed by atoms with Gasteiger partial charge in [0.2, 0.25) is 0 Å². The first-order valence-corrected chi connectivity index (χ1v) is 15.1. The highest BCUT2D eigenvalue weighted by atomic mass is 32.3. The van der Waals surface area contributed by atoms with E-state index in [9.17, 15) is 31.5 Å². The molecule has 0 saturated heterocycles. The maximum atomic E-state index is 14.0. The van der Waals surface area contributed by atoms with E-state index in [1.54, 1.807) is 31.2 Å². The summed E-state index contributed by atoms with van der Waals surface area (Å²) in [5, 5.41) is 9.51. The minimum absolute atomic E-state index is 0.131. The first-order chi connectivity index (χ1) is 19.4. The highest BCUT2D eigenvalue weighted by Gasteiger charge is 2.37. The Balaban J connectivity index is 1.74. The van der Waals surface area contributed by atoms with Gasteiger partial charge in [-0.05, 0) is 85.6 Å². The van der Waals surface area contributed by atoms with E-state index < -0.39 is 36.5 Å². The van der Waals surface area contributed by atoms with Crippen LogP contribution in [0.2, 0.25) is 0 Å². The highest BCUT2D eigenvalue weighted by molar-refractivity contribution is 8.10. The maximum Gasteiger partial charge on any atom is 0.344 e. The van der Waals surface area contributed by atoms with Crippen LogP contribution < -0.4 is 9.34 Å². The van der Waals surface area contributed by atoms with Crippen molar-refractivity contribution in [2.75, 3.05) is 3.71 Å². The Morgan fingerprint density at radius 3 is 1.90 bits per heavy atom. The highest BCUT2D eigenvalue weighted by Crippen LogP contribution is 2.34. The number of carboxylic acid groups (broad SMARTS) is 1. The van der Waals surface area contributed by atoms with Crippen molar-refractivity contribution in [1.82, 2.24) is 0 Å². The minimum atomic E-state index is -4.80. The second-order valence-electron chi connectivity index (χ2n) is 9.33. The lowest BCUT2D eigenvalue weighted by molar-refractivity contribution is 0.0696. The SMILES string of the molecule is Cc1ccc(S(=O)(=O)N(c2ccc3oc(=O)c(-c4ccccc4C)cc3c2)S(=O)(=O)c2ccc(C(=O)O)cc2)cc1. The van der Waals surface area contributed by atoms with Gasteiger partial charge in [-0.25, -0.2) is 26.4 Å². The zero-order valence-electron chi connectivity index (χ0n) is 21.8. The van der Waals surface area contributed by atoms with E-state index in [1.165, 1.54) is 36.4 Å². The molecule has 0 radical (unpaired) electrons. The molecule has 0 atom stereocenters. The third-order valence-electron chi connectivity index (χ3n) is 6.52. The van der Waals surface area contributed by atoms with Crippen molar-refractivity contribution >= 4 is 42.7 Å². The molecule has 0 aliphatic carbocycles. The lowest BCUT2D eigenvalue weighted by atomic mass is 10.0. The van der Waals surface area contributed by atoms with Crippen molar-refractivity contribution < 1.29 is 31.2 Å². The standard InChI is InChI=1S/C30H23NO8S2/c1-19-7-12-24(13-8-19)40(35,36)31(41(37,38)25-14-9-21(10-15-25)29(32)33)23-11-16-28-22(17-23)18-27(30(34)39-28)26-6-4-3-5-20(26)2/h3-18H,1-2H3,(H,32,33). The molecule has 0 saturated carbocycles. The monoisotopic (exact) mass is 589 g/mol. The number of aromatic carboxylic acids is 1. The normalized spacial score (nSPS) is 11.9. The first kappa shape index (κ1) is 27.8. The Morgan fingerprint density at radius 1 is 0.732 bits per heavy atom. The smallest absolute Gasteiger partial charge is 0.344 e. The van der Waals surface area contributed by atoms with Crippen LogP contribution in [-0.4, -0.2) is 27.9 Å². The fraction of sp³-hybridized carbons (Fsp3) is 0.0667. The molecule has 5 aromatic rings. The Hall–Kier alpha value is -4.74. The lowest BCUT2D eigenvalue weighted by Gasteiger charge is -2.24. The molecule has 41 heavy (non-hydrogen) atoms. The second kappa shape index (κ2) is 10.3. The van der Waals surface area contributed by atoms with E-state index in [2.05, 4.69) is 0 Å². The predicted octanol–water partition coefficient (Wildman–Crippen LogP) is 5.36. The van der Waals surface area contributed by atoms with Gasteiger partial charge >= 0.3 is 11.6 Å². The van der Waals surface area contributed by atoms with Crippen LogP contribution in [0.5, 0.6) is 0 Å². The van der Waals surface area contributed by atoms with Gasteiger partial charge in [0.25, 0.3) is 20.0 Å². The topological polar surface area (TPSA) is 139 Å². The van der Waals surface area contributed by atoms with E-state index in [-0.39, 0.29) is 27.3 Å². The summed E-state index contributed by atoms with van der Waals surface area (Å²) in [6.45, 7) is 3.59. The van der Waals surface area contributed by atoms with Gasteiger partial charge in [0.1, 0.15) is 5.58 Å². The number of carbonyl (C=O) groups is 1. The number of rotatable bonds is 7. The summed E-state index contributed by atoms with van der Waals surface area (Å²) in [5.74, 6) is -1.27. The van der Waals surface area contributed by atoms with Crippen molar-refractivity contribution in [3.8, 4) is 11.1 Å². The molecular formula is C30H23NO8S2. The van der Waals surface area contributed by atoms with Crippen LogP contribution in [0.15, 0.2) is 116 Å². The van der Waals surface area contributed by atoms with Crippen molar-refractivity contribution in [1.29, 1.82) is 0 Å². The molecule has 9 nitrogen and oxygen atoms in total. The summed E-state index contributed by atoms with van der Waals surface area (Å²) >= 11 is 0. The summed E-state index contributed by atoms with van der Waals surface area (Å²) in [7, 11) is -9.51. The molecule has 1 heterocycles. The molecule has 11 heteroatoms. The van der Waals surface area contributed by atoms with E-state index in [0.717, 1.165) is 35.4 Å². The molecule has 0 amide bonds. The van der Waals surface area contributed by atoms with E-state index in [1.807, 2.05) is 19.1 Å². The molecule has 5 rings (SSSR count). The van der Waals surface area contributed by atoms with E-state index in [4.69, 9.17) is 4.42 Å². The summed E-state index contributed by atoms with van der Waals surface area (Å²) in [5.41, 5.74) is 1.56. The second-order valence-corrected chi connectivity index (χ2v) is 13.1. The molecule has 0 fully saturated rings. The number of anilines is 1. The summed E-state index contributed by atoms with van der Waals surface area (Å²) in [6.07, 6.45) is 0. The van der Waals surface area contributed by atoms with Gasteiger partial charge < -0.3 is 9.52 Å². The van der Waals surface area contributed by atoms with Crippen LogP contribution in [0.1, 0.15) is 21.5 Å². The minimum Gasteiger partial charge on any atom is -0.478 e. The van der Waals surface area contributed by atoms with Crippen molar-refractivity contribution in [3.05, 3.63) is 124 Å². The molecule has 4 aromatic carbocycles. The fourth-order valence-corrected chi connectivity index (χ4v) is 8.04. The van der Waals surface area contributed by atoms with Gasteiger partial charge in [-0.15, -0.1) is 0 Å². The fourth-order valence-electron chi connectivity index (χ4n) is 4.37. The van der Waals surface area contributed by atoms with E-state index >= 15 is 0 Å². The van der Waals surface area contributed by atoms with Gasteiger partial charge in [0, 0.05) is 5.39 Å². The quantitative estimate of drug-likeness (QED) is 0.250. The Morgan fingerprint density at radius 2 is 1.32 bits per heavy atom. The molecule has 1 aromatic heterocycles. The van der Waals surface area contributed by atoms with Crippen molar-refractivity contribution in [3.63, 3.8) is 0 Å². The Labute approximate surface area is 236 Å². The number of aryl methyl sites for hydroxylation is 2. The number of hydrogen-bond donors (Lipinski definition) is 1. The van der Waals surface area contributed by atoms with Crippen LogP contribution in [0.25, 0.3) is 22.1 Å². The molecular weight excluding hydrogens is 566 g/mol. The molecule has 0 unspecified atom stereocenters. The van der Waals surface area contributed by atoms with Gasteiger partial charge in [-0.3, -0.25) is 0 Å². The predicted molar refractivity (Wildman–Crippen MR) is 154 cm³/mol. The van der Waals surface area contributed by atoms with Crippen LogP contribution >= 0.6 is 0 Å². The van der Waals surface area contributed by atoms with Crippen molar-refractivity contribution in [2.45, 2.75) is 23.6 Å². The molecule has 1 N–H and O–H groups in total.